The van der Waals surface area contributed by atoms with E-state index < -0.39 is 10.0 Å². The van der Waals surface area contributed by atoms with Crippen LogP contribution in [0.5, 0.6) is 0 Å². The summed E-state index contributed by atoms with van der Waals surface area (Å²) in [6.45, 7) is 0.332. The maximum absolute atomic E-state index is 11.7. The molecule has 1 rings (SSSR count). The lowest BCUT2D eigenvalue weighted by Crippen LogP contribution is -2.26. The number of hydrogen-bond donors (Lipinski definition) is 2. The molecule has 1 aromatic rings. The number of sulfonamides is 1. The molecule has 0 aliphatic heterocycles. The van der Waals surface area contributed by atoms with E-state index in [-0.39, 0.29) is 10.7 Å². The highest BCUT2D eigenvalue weighted by Crippen LogP contribution is 2.08. The number of nitrogens with two attached hydrogens (primary N) is 1. The SMILES string of the molecule is C#CCSCCNS(=O)(=O)c1ccc(N)nc1. The Kier molecular flexibility index (Phi) is 5.28. The molecule has 17 heavy (non-hydrogen) atoms. The van der Waals surface area contributed by atoms with Gasteiger partial charge in [0.1, 0.15) is 10.7 Å². The topological polar surface area (TPSA) is 85.1 Å². The van der Waals surface area contributed by atoms with Gasteiger partial charge in [-0.3, -0.25) is 0 Å². The molecule has 0 atom stereocenters. The van der Waals surface area contributed by atoms with Gasteiger partial charge in [0, 0.05) is 18.5 Å². The first-order valence-corrected chi connectivity index (χ1v) is 7.42. The van der Waals surface area contributed by atoms with Crippen molar-refractivity contribution in [3.05, 3.63) is 18.3 Å². The van der Waals surface area contributed by atoms with Crippen molar-refractivity contribution < 1.29 is 8.42 Å². The molecule has 5 nitrogen and oxygen atoms in total. The minimum atomic E-state index is -3.50. The van der Waals surface area contributed by atoms with Crippen LogP contribution in [0.25, 0.3) is 0 Å². The summed E-state index contributed by atoms with van der Waals surface area (Å²) >= 11 is 1.49. The lowest BCUT2D eigenvalue weighted by atomic mass is 10.5. The number of nitrogens with zero attached hydrogens (tertiary/aromatic N) is 1. The third-order valence-corrected chi connectivity index (χ3v) is 4.10. The van der Waals surface area contributed by atoms with Crippen LogP contribution in [-0.4, -0.2) is 31.5 Å². The molecule has 0 fully saturated rings. The first-order chi connectivity index (χ1) is 8.06. The first-order valence-electron chi connectivity index (χ1n) is 4.78. The zero-order valence-electron chi connectivity index (χ0n) is 9.09. The Morgan fingerprint density at radius 2 is 2.29 bits per heavy atom. The maximum atomic E-state index is 11.7. The minimum Gasteiger partial charge on any atom is -0.384 e. The van der Waals surface area contributed by atoms with Crippen LogP contribution in [0.2, 0.25) is 0 Å². The zero-order valence-corrected chi connectivity index (χ0v) is 10.7. The van der Waals surface area contributed by atoms with Crippen molar-refractivity contribution in [2.75, 3.05) is 23.8 Å². The maximum Gasteiger partial charge on any atom is 0.242 e. The van der Waals surface area contributed by atoms with E-state index in [9.17, 15) is 8.42 Å². The van der Waals surface area contributed by atoms with Crippen LogP contribution in [0, 0.1) is 12.3 Å². The molecule has 1 heterocycles. The van der Waals surface area contributed by atoms with Crippen molar-refractivity contribution in [1.29, 1.82) is 0 Å². The van der Waals surface area contributed by atoms with Crippen LogP contribution >= 0.6 is 11.8 Å². The molecule has 0 aliphatic rings. The van der Waals surface area contributed by atoms with E-state index in [0.717, 1.165) is 0 Å². The van der Waals surface area contributed by atoms with Gasteiger partial charge in [0.15, 0.2) is 0 Å². The van der Waals surface area contributed by atoms with Gasteiger partial charge in [0.05, 0.1) is 5.75 Å². The van der Waals surface area contributed by atoms with Gasteiger partial charge >= 0.3 is 0 Å². The molecule has 0 radical (unpaired) electrons. The fraction of sp³-hybridized carbons (Fsp3) is 0.300. The van der Waals surface area contributed by atoms with Gasteiger partial charge < -0.3 is 5.73 Å². The smallest absolute Gasteiger partial charge is 0.242 e. The van der Waals surface area contributed by atoms with Crippen LogP contribution in [-0.2, 0) is 10.0 Å². The second kappa shape index (κ2) is 6.49. The quantitative estimate of drug-likeness (QED) is 0.574. The summed E-state index contributed by atoms with van der Waals surface area (Å²) in [7, 11) is -3.50. The highest BCUT2D eigenvalue weighted by atomic mass is 32.2. The average Bonchev–Trinajstić information content (AvgIpc) is 2.29. The van der Waals surface area contributed by atoms with E-state index in [4.69, 9.17) is 12.2 Å². The van der Waals surface area contributed by atoms with Gasteiger partial charge in [-0.25, -0.2) is 18.1 Å². The summed E-state index contributed by atoms with van der Waals surface area (Å²) in [5, 5.41) is 0. The molecule has 0 aromatic carbocycles. The Morgan fingerprint density at radius 1 is 1.53 bits per heavy atom. The second-order valence-electron chi connectivity index (χ2n) is 3.07. The molecule has 0 saturated heterocycles. The monoisotopic (exact) mass is 271 g/mol. The van der Waals surface area contributed by atoms with Crippen molar-refractivity contribution in [2.24, 2.45) is 0 Å². The summed E-state index contributed by atoms with van der Waals surface area (Å²) in [5.41, 5.74) is 5.38. The summed E-state index contributed by atoms with van der Waals surface area (Å²) in [6.07, 6.45) is 6.30. The van der Waals surface area contributed by atoms with E-state index >= 15 is 0 Å². The molecule has 7 heteroatoms. The molecule has 0 amide bonds. The molecule has 0 spiro atoms. The van der Waals surface area contributed by atoms with Gasteiger partial charge in [-0.05, 0) is 12.1 Å². The highest BCUT2D eigenvalue weighted by Gasteiger charge is 2.13. The summed E-state index contributed by atoms with van der Waals surface area (Å²) in [4.78, 5) is 3.84. The average molecular weight is 271 g/mol. The van der Waals surface area contributed by atoms with Gasteiger partial charge in [-0.2, -0.15) is 0 Å². The second-order valence-corrected chi connectivity index (χ2v) is 5.95. The lowest BCUT2D eigenvalue weighted by Gasteiger charge is -2.05. The Hall–Kier alpha value is -1.23. The van der Waals surface area contributed by atoms with Crippen molar-refractivity contribution in [2.45, 2.75) is 4.90 Å². The van der Waals surface area contributed by atoms with E-state index in [1.807, 2.05) is 0 Å². The van der Waals surface area contributed by atoms with Crippen LogP contribution < -0.4 is 10.5 Å². The number of hydrogen-bond acceptors (Lipinski definition) is 5. The van der Waals surface area contributed by atoms with Crippen LogP contribution in [0.4, 0.5) is 5.82 Å². The Bertz CT molecular complexity index is 491. The summed E-state index contributed by atoms with van der Waals surface area (Å²) < 4.78 is 25.9. The minimum absolute atomic E-state index is 0.105. The van der Waals surface area contributed by atoms with Crippen LogP contribution in [0.15, 0.2) is 23.2 Å². The number of thioether (sulfide) groups is 1. The third kappa shape index (κ3) is 4.65. The Morgan fingerprint density at radius 3 is 2.88 bits per heavy atom. The first kappa shape index (κ1) is 13.8. The van der Waals surface area contributed by atoms with Crippen molar-refractivity contribution in [3.8, 4) is 12.3 Å². The molecule has 3 N–H and O–H groups in total. The molecule has 0 aliphatic carbocycles. The normalized spacial score (nSPS) is 11.0. The molecule has 1 aromatic heterocycles. The molecular formula is C10H13N3O2S2. The third-order valence-electron chi connectivity index (χ3n) is 1.79. The molecule has 0 bridgehead atoms. The number of pyridine rings is 1. The fourth-order valence-corrected chi connectivity index (χ4v) is 2.63. The molecule has 0 saturated carbocycles. The molecule has 92 valence electrons. The van der Waals surface area contributed by atoms with Gasteiger partial charge in [-0.15, -0.1) is 18.2 Å². The van der Waals surface area contributed by atoms with Crippen LogP contribution in [0.1, 0.15) is 0 Å². The summed E-state index contributed by atoms with van der Waals surface area (Å²) in [5.74, 6) is 3.96. The van der Waals surface area contributed by atoms with Gasteiger partial charge in [0.2, 0.25) is 10.0 Å². The number of anilines is 1. The number of terminal acetylenes is 1. The van der Waals surface area contributed by atoms with Crippen LogP contribution in [0.3, 0.4) is 0 Å². The van der Waals surface area contributed by atoms with Crippen molar-refractivity contribution in [1.82, 2.24) is 9.71 Å². The highest BCUT2D eigenvalue weighted by molar-refractivity contribution is 7.99. The van der Waals surface area contributed by atoms with Crippen molar-refractivity contribution >= 4 is 27.6 Å². The number of aromatic nitrogens is 1. The van der Waals surface area contributed by atoms with E-state index in [1.54, 1.807) is 0 Å². The summed E-state index contributed by atoms with van der Waals surface area (Å²) in [6, 6.07) is 2.86. The number of nitrogens with one attached hydrogen (secondary N) is 1. The van der Waals surface area contributed by atoms with E-state index in [0.29, 0.717) is 18.1 Å². The van der Waals surface area contributed by atoms with Gasteiger partial charge in [-0.1, -0.05) is 5.92 Å². The molecule has 0 unspecified atom stereocenters. The van der Waals surface area contributed by atoms with E-state index in [2.05, 4.69) is 15.6 Å². The number of rotatable bonds is 6. The van der Waals surface area contributed by atoms with E-state index in [1.165, 1.54) is 30.1 Å². The fourth-order valence-electron chi connectivity index (χ4n) is 1.01. The largest absolute Gasteiger partial charge is 0.384 e. The standard InChI is InChI=1S/C10H13N3O2S2/c1-2-6-16-7-5-13-17(14,15)9-3-4-10(11)12-8-9/h1,3-4,8,13H,5-7H2,(H2,11,12). The Balaban J connectivity index is 2.52. The number of nitrogen functional groups attached to an aromatic ring is 1. The molecular weight excluding hydrogens is 258 g/mol. The predicted molar refractivity (Wildman–Crippen MR) is 70.0 cm³/mol. The van der Waals surface area contributed by atoms with Crippen molar-refractivity contribution in [3.63, 3.8) is 0 Å². The predicted octanol–water partition coefficient (Wildman–Crippen LogP) is 0.309. The zero-order chi connectivity index (χ0) is 12.7. The van der Waals surface area contributed by atoms with Gasteiger partial charge in [0.25, 0.3) is 0 Å². The lowest BCUT2D eigenvalue weighted by molar-refractivity contribution is 0.584. The Labute approximate surface area is 105 Å².